The van der Waals surface area contributed by atoms with Crippen molar-refractivity contribution in [3.05, 3.63) is 59.5 Å². The molecule has 6 nitrogen and oxygen atoms in total. The summed E-state index contributed by atoms with van der Waals surface area (Å²) >= 11 is 0. The quantitative estimate of drug-likeness (QED) is 0.739. The Morgan fingerprint density at radius 3 is 2.44 bits per heavy atom. The number of nitrogens with zero attached hydrogens (tertiary/aromatic N) is 2. The van der Waals surface area contributed by atoms with E-state index < -0.39 is 23.5 Å². The van der Waals surface area contributed by atoms with E-state index in [-0.39, 0.29) is 17.9 Å². The summed E-state index contributed by atoms with van der Waals surface area (Å²) < 4.78 is 51.4. The van der Waals surface area contributed by atoms with E-state index in [0.29, 0.717) is 11.3 Å². The molecule has 1 N–H and O–H groups in total. The standard InChI is InChI=1S/C18H16F3N3O3/c1-26-12-7-5-11(6-8-12)10-22-17(25)14-15(18(19,20)21)23-16-13(27-2)4-3-9-24(14)16/h3-9H,10H2,1-2H3,(H,22,25). The lowest BCUT2D eigenvalue weighted by Crippen LogP contribution is -2.27. The van der Waals surface area contributed by atoms with Crippen LogP contribution in [-0.4, -0.2) is 29.5 Å². The number of ether oxygens (including phenoxy) is 2. The van der Waals surface area contributed by atoms with Gasteiger partial charge in [0.15, 0.2) is 17.1 Å². The largest absolute Gasteiger partial charge is 0.497 e. The number of hydrogen-bond acceptors (Lipinski definition) is 4. The van der Waals surface area contributed by atoms with E-state index in [1.165, 1.54) is 32.5 Å². The van der Waals surface area contributed by atoms with Gasteiger partial charge in [-0.25, -0.2) is 4.98 Å². The Morgan fingerprint density at radius 1 is 1.15 bits per heavy atom. The first-order valence-corrected chi connectivity index (χ1v) is 7.88. The van der Waals surface area contributed by atoms with Crippen molar-refractivity contribution in [3.63, 3.8) is 0 Å². The smallest absolute Gasteiger partial charge is 0.435 e. The number of aromatic nitrogens is 2. The number of halogens is 3. The number of benzene rings is 1. The van der Waals surface area contributed by atoms with Gasteiger partial charge < -0.3 is 14.8 Å². The molecule has 2 aromatic heterocycles. The first kappa shape index (κ1) is 18.6. The molecule has 9 heteroatoms. The fraction of sp³-hybridized carbons (Fsp3) is 0.222. The number of pyridine rings is 1. The molecule has 0 fully saturated rings. The van der Waals surface area contributed by atoms with Crippen LogP contribution in [0.2, 0.25) is 0 Å². The van der Waals surface area contributed by atoms with Gasteiger partial charge >= 0.3 is 6.18 Å². The minimum absolute atomic E-state index is 0.0529. The van der Waals surface area contributed by atoms with Crippen molar-refractivity contribution in [3.8, 4) is 11.5 Å². The van der Waals surface area contributed by atoms with Crippen LogP contribution in [0.4, 0.5) is 13.2 Å². The SMILES string of the molecule is COc1ccc(CNC(=O)c2c(C(F)(F)F)nc3c(OC)cccn23)cc1. The molecule has 3 rings (SSSR count). The minimum Gasteiger partial charge on any atom is -0.497 e. The van der Waals surface area contributed by atoms with Gasteiger partial charge in [0, 0.05) is 12.7 Å². The van der Waals surface area contributed by atoms with Crippen LogP contribution in [0.5, 0.6) is 11.5 Å². The molecule has 27 heavy (non-hydrogen) atoms. The number of fused-ring (bicyclic) bond motifs is 1. The molecule has 3 aromatic rings. The van der Waals surface area contributed by atoms with Crippen molar-refractivity contribution >= 4 is 11.6 Å². The number of carbonyl (C=O) groups excluding carboxylic acids is 1. The van der Waals surface area contributed by atoms with Gasteiger partial charge in [0.25, 0.3) is 5.91 Å². The van der Waals surface area contributed by atoms with Gasteiger partial charge in [-0.2, -0.15) is 13.2 Å². The number of carbonyl (C=O) groups is 1. The highest BCUT2D eigenvalue weighted by molar-refractivity contribution is 5.95. The normalized spacial score (nSPS) is 11.4. The van der Waals surface area contributed by atoms with Crippen LogP contribution >= 0.6 is 0 Å². The summed E-state index contributed by atoms with van der Waals surface area (Å²) in [6, 6.07) is 9.77. The fourth-order valence-corrected chi connectivity index (χ4v) is 2.63. The Kier molecular flexibility index (Phi) is 4.93. The molecule has 0 bridgehead atoms. The first-order chi connectivity index (χ1) is 12.8. The van der Waals surface area contributed by atoms with Crippen LogP contribution < -0.4 is 14.8 Å². The summed E-state index contributed by atoms with van der Waals surface area (Å²) in [6.45, 7) is 0.0529. The summed E-state index contributed by atoms with van der Waals surface area (Å²) in [5.41, 5.74) is -1.23. The van der Waals surface area contributed by atoms with E-state index in [4.69, 9.17) is 9.47 Å². The van der Waals surface area contributed by atoms with Crippen molar-refractivity contribution in [1.29, 1.82) is 0 Å². The zero-order chi connectivity index (χ0) is 19.6. The third-order valence-corrected chi connectivity index (χ3v) is 3.93. The summed E-state index contributed by atoms with van der Waals surface area (Å²) in [5, 5.41) is 2.50. The number of imidazole rings is 1. The molecule has 0 atom stereocenters. The molecule has 142 valence electrons. The Hall–Kier alpha value is -3.23. The van der Waals surface area contributed by atoms with Crippen LogP contribution in [0.15, 0.2) is 42.6 Å². The van der Waals surface area contributed by atoms with Gasteiger partial charge in [-0.05, 0) is 29.8 Å². The lowest BCUT2D eigenvalue weighted by atomic mass is 10.2. The van der Waals surface area contributed by atoms with Crippen LogP contribution in [0.3, 0.4) is 0 Å². The highest BCUT2D eigenvalue weighted by atomic mass is 19.4. The van der Waals surface area contributed by atoms with E-state index >= 15 is 0 Å². The zero-order valence-electron chi connectivity index (χ0n) is 14.5. The average molecular weight is 379 g/mol. The molecule has 0 saturated heterocycles. The van der Waals surface area contributed by atoms with E-state index in [0.717, 1.165) is 4.40 Å². The van der Waals surface area contributed by atoms with Crippen LogP contribution in [-0.2, 0) is 12.7 Å². The molecule has 2 heterocycles. The Morgan fingerprint density at radius 2 is 1.85 bits per heavy atom. The molecule has 1 aromatic carbocycles. The predicted molar refractivity (Wildman–Crippen MR) is 90.9 cm³/mol. The second-order valence-electron chi connectivity index (χ2n) is 5.61. The summed E-state index contributed by atoms with van der Waals surface area (Å²) in [7, 11) is 2.84. The van der Waals surface area contributed by atoms with Gasteiger partial charge in [-0.15, -0.1) is 0 Å². The summed E-state index contributed by atoms with van der Waals surface area (Å²) in [6.07, 6.45) is -3.45. The molecule has 0 aliphatic carbocycles. The molecular formula is C18H16F3N3O3. The Balaban J connectivity index is 1.95. The van der Waals surface area contributed by atoms with Gasteiger partial charge in [0.2, 0.25) is 0 Å². The Bertz CT molecular complexity index is 966. The number of amides is 1. The molecule has 0 unspecified atom stereocenters. The van der Waals surface area contributed by atoms with E-state index in [1.54, 1.807) is 24.3 Å². The van der Waals surface area contributed by atoms with Gasteiger partial charge in [0.05, 0.1) is 14.2 Å². The molecule has 0 aliphatic rings. The summed E-state index contributed by atoms with van der Waals surface area (Å²) in [4.78, 5) is 16.1. The van der Waals surface area contributed by atoms with Crippen molar-refractivity contribution in [1.82, 2.24) is 14.7 Å². The Labute approximate surface area is 152 Å². The minimum atomic E-state index is -4.79. The van der Waals surface area contributed by atoms with E-state index in [2.05, 4.69) is 10.3 Å². The van der Waals surface area contributed by atoms with Crippen LogP contribution in [0.25, 0.3) is 5.65 Å². The van der Waals surface area contributed by atoms with E-state index in [1.807, 2.05) is 0 Å². The van der Waals surface area contributed by atoms with Crippen molar-refractivity contribution in [2.24, 2.45) is 0 Å². The molecule has 1 amide bonds. The third kappa shape index (κ3) is 3.67. The van der Waals surface area contributed by atoms with Crippen molar-refractivity contribution in [2.45, 2.75) is 12.7 Å². The molecular weight excluding hydrogens is 363 g/mol. The van der Waals surface area contributed by atoms with Gasteiger partial charge in [-0.3, -0.25) is 9.20 Å². The second-order valence-corrected chi connectivity index (χ2v) is 5.61. The lowest BCUT2D eigenvalue weighted by molar-refractivity contribution is -0.141. The fourth-order valence-electron chi connectivity index (χ4n) is 2.63. The summed E-state index contributed by atoms with van der Waals surface area (Å²) in [5.74, 6) is -0.116. The predicted octanol–water partition coefficient (Wildman–Crippen LogP) is 3.30. The first-order valence-electron chi connectivity index (χ1n) is 7.88. The maximum absolute atomic E-state index is 13.4. The van der Waals surface area contributed by atoms with Gasteiger partial charge in [-0.1, -0.05) is 12.1 Å². The molecule has 0 spiro atoms. The average Bonchev–Trinajstić information content (AvgIpc) is 3.06. The number of alkyl halides is 3. The van der Waals surface area contributed by atoms with Gasteiger partial charge in [0.1, 0.15) is 11.4 Å². The van der Waals surface area contributed by atoms with Crippen molar-refractivity contribution < 1.29 is 27.4 Å². The highest BCUT2D eigenvalue weighted by Crippen LogP contribution is 2.34. The molecule has 0 aliphatic heterocycles. The second kappa shape index (κ2) is 7.18. The number of nitrogens with one attached hydrogen (secondary N) is 1. The number of methoxy groups -OCH3 is 2. The topological polar surface area (TPSA) is 64.9 Å². The zero-order valence-corrected chi connectivity index (χ0v) is 14.5. The molecule has 0 saturated carbocycles. The molecule has 0 radical (unpaired) electrons. The number of rotatable bonds is 5. The third-order valence-electron chi connectivity index (χ3n) is 3.93. The van der Waals surface area contributed by atoms with Crippen molar-refractivity contribution in [2.75, 3.05) is 14.2 Å². The van der Waals surface area contributed by atoms with Crippen LogP contribution in [0, 0.1) is 0 Å². The number of hydrogen-bond donors (Lipinski definition) is 1. The van der Waals surface area contributed by atoms with E-state index in [9.17, 15) is 18.0 Å². The monoisotopic (exact) mass is 379 g/mol. The maximum Gasteiger partial charge on any atom is 0.435 e. The highest BCUT2D eigenvalue weighted by Gasteiger charge is 2.40. The maximum atomic E-state index is 13.4. The van der Waals surface area contributed by atoms with Crippen LogP contribution in [0.1, 0.15) is 21.7 Å². The lowest BCUT2D eigenvalue weighted by Gasteiger charge is -2.09.